The number of thiophene rings is 1. The molecule has 0 aliphatic carbocycles. The van der Waals surface area contributed by atoms with E-state index >= 15 is 0 Å². The van der Waals surface area contributed by atoms with Gasteiger partial charge in [-0.2, -0.15) is 0 Å². The van der Waals surface area contributed by atoms with Gasteiger partial charge in [-0.3, -0.25) is 4.90 Å². The van der Waals surface area contributed by atoms with Crippen LogP contribution >= 0.6 is 11.3 Å². The van der Waals surface area contributed by atoms with Gasteiger partial charge in [0.05, 0.1) is 12.7 Å². The largest absolute Gasteiger partial charge is 0.395 e. The van der Waals surface area contributed by atoms with Crippen LogP contribution in [0.25, 0.3) is 0 Å². The lowest BCUT2D eigenvalue weighted by atomic mass is 10.2. The van der Waals surface area contributed by atoms with Crippen molar-refractivity contribution in [1.29, 1.82) is 0 Å². The van der Waals surface area contributed by atoms with Gasteiger partial charge in [-0.05, 0) is 31.3 Å². The second kappa shape index (κ2) is 7.66. The Kier molecular flexibility index (Phi) is 5.87. The summed E-state index contributed by atoms with van der Waals surface area (Å²) in [5.41, 5.74) is 1.10. The van der Waals surface area contributed by atoms with Crippen molar-refractivity contribution in [1.82, 2.24) is 4.90 Å². The molecule has 0 spiro atoms. The van der Waals surface area contributed by atoms with Crippen molar-refractivity contribution < 1.29 is 9.84 Å². The standard InChI is InChI=1S/C15H21NO2S/c1-16(11-14-6-4-9-18-14)12-15-13(7-10-19-15)5-2-3-8-17/h7,10,14,17H,3-4,6,8-9,11-12H2,1H3. The number of hydrogen-bond acceptors (Lipinski definition) is 4. The van der Waals surface area contributed by atoms with Crippen molar-refractivity contribution in [2.75, 3.05) is 26.8 Å². The maximum absolute atomic E-state index is 8.75. The Hall–Kier alpha value is -0.860. The van der Waals surface area contributed by atoms with Crippen LogP contribution in [0.2, 0.25) is 0 Å². The molecule has 4 heteroatoms. The first-order chi connectivity index (χ1) is 9.29. The van der Waals surface area contributed by atoms with Gasteiger partial charge in [-0.25, -0.2) is 0 Å². The molecule has 0 saturated carbocycles. The van der Waals surface area contributed by atoms with E-state index in [-0.39, 0.29) is 6.61 Å². The first-order valence-electron chi connectivity index (χ1n) is 6.76. The SMILES string of the molecule is CN(Cc1sccc1C#CCCO)CC1CCCO1. The first kappa shape index (κ1) is 14.5. The van der Waals surface area contributed by atoms with E-state index < -0.39 is 0 Å². The van der Waals surface area contributed by atoms with Gasteiger partial charge >= 0.3 is 0 Å². The summed E-state index contributed by atoms with van der Waals surface area (Å²) in [4.78, 5) is 3.60. The predicted molar refractivity (Wildman–Crippen MR) is 78.2 cm³/mol. The molecule has 1 fully saturated rings. The van der Waals surface area contributed by atoms with E-state index in [1.165, 1.54) is 17.7 Å². The number of nitrogens with zero attached hydrogens (tertiary/aromatic N) is 1. The third-order valence-corrected chi connectivity index (χ3v) is 4.06. The molecule has 0 aromatic carbocycles. The van der Waals surface area contributed by atoms with Gasteiger partial charge in [-0.1, -0.05) is 11.8 Å². The van der Waals surface area contributed by atoms with Crippen molar-refractivity contribution in [3.05, 3.63) is 21.9 Å². The maximum Gasteiger partial charge on any atom is 0.0702 e. The van der Waals surface area contributed by atoms with Crippen LogP contribution in [0.4, 0.5) is 0 Å². The Morgan fingerprint density at radius 2 is 2.47 bits per heavy atom. The Bertz CT molecular complexity index is 440. The lowest BCUT2D eigenvalue weighted by Gasteiger charge is -2.19. The summed E-state index contributed by atoms with van der Waals surface area (Å²) in [7, 11) is 2.13. The second-order valence-electron chi connectivity index (χ2n) is 4.86. The van der Waals surface area contributed by atoms with E-state index in [1.807, 2.05) is 0 Å². The Morgan fingerprint density at radius 3 is 3.21 bits per heavy atom. The van der Waals surface area contributed by atoms with E-state index in [9.17, 15) is 0 Å². The summed E-state index contributed by atoms with van der Waals surface area (Å²) in [6, 6.07) is 2.06. The smallest absolute Gasteiger partial charge is 0.0702 e. The average molecular weight is 279 g/mol. The number of ether oxygens (including phenoxy) is 1. The molecule has 3 nitrogen and oxygen atoms in total. The molecule has 1 unspecified atom stereocenters. The van der Waals surface area contributed by atoms with Crippen LogP contribution in [0, 0.1) is 11.8 Å². The highest BCUT2D eigenvalue weighted by molar-refractivity contribution is 7.10. The normalized spacial score (nSPS) is 18.6. The van der Waals surface area contributed by atoms with Crippen molar-refractivity contribution in [2.24, 2.45) is 0 Å². The first-order valence-corrected chi connectivity index (χ1v) is 7.64. The second-order valence-corrected chi connectivity index (χ2v) is 5.87. The molecule has 1 aromatic rings. The molecule has 19 heavy (non-hydrogen) atoms. The number of hydrogen-bond donors (Lipinski definition) is 1. The summed E-state index contributed by atoms with van der Waals surface area (Å²) in [6.45, 7) is 2.95. The number of aliphatic hydroxyl groups is 1. The Balaban J connectivity index is 1.88. The van der Waals surface area contributed by atoms with Gasteiger partial charge in [0.25, 0.3) is 0 Å². The van der Waals surface area contributed by atoms with Gasteiger partial charge < -0.3 is 9.84 Å². The minimum Gasteiger partial charge on any atom is -0.395 e. The van der Waals surface area contributed by atoms with Gasteiger partial charge in [0.2, 0.25) is 0 Å². The van der Waals surface area contributed by atoms with Crippen molar-refractivity contribution in [3.8, 4) is 11.8 Å². The highest BCUT2D eigenvalue weighted by atomic mass is 32.1. The van der Waals surface area contributed by atoms with Crippen LogP contribution < -0.4 is 0 Å². The molecule has 2 heterocycles. The maximum atomic E-state index is 8.75. The molecule has 1 atom stereocenters. The minimum atomic E-state index is 0.130. The lowest BCUT2D eigenvalue weighted by molar-refractivity contribution is 0.0795. The quantitative estimate of drug-likeness (QED) is 0.838. The van der Waals surface area contributed by atoms with Gasteiger partial charge in [-0.15, -0.1) is 11.3 Å². The molecule has 1 N–H and O–H groups in total. The Labute approximate surface area is 119 Å². The average Bonchev–Trinajstić information content (AvgIpc) is 3.02. The highest BCUT2D eigenvalue weighted by Gasteiger charge is 2.17. The molecule has 0 radical (unpaired) electrons. The minimum absolute atomic E-state index is 0.130. The third kappa shape index (κ3) is 4.63. The Morgan fingerprint density at radius 1 is 1.58 bits per heavy atom. The van der Waals surface area contributed by atoms with Crippen LogP contribution in [-0.2, 0) is 11.3 Å². The molecule has 1 aliphatic rings. The van der Waals surface area contributed by atoms with Crippen LogP contribution in [0.15, 0.2) is 11.4 Å². The van der Waals surface area contributed by atoms with Crippen LogP contribution in [0.5, 0.6) is 0 Å². The number of rotatable bonds is 5. The lowest BCUT2D eigenvalue weighted by Crippen LogP contribution is -2.28. The summed E-state index contributed by atoms with van der Waals surface area (Å²) in [5, 5.41) is 10.8. The van der Waals surface area contributed by atoms with E-state index in [4.69, 9.17) is 9.84 Å². The fourth-order valence-corrected chi connectivity index (χ4v) is 3.14. The zero-order chi connectivity index (χ0) is 13.5. The topological polar surface area (TPSA) is 32.7 Å². The van der Waals surface area contributed by atoms with Crippen molar-refractivity contribution >= 4 is 11.3 Å². The molecule has 1 aromatic heterocycles. The summed E-state index contributed by atoms with van der Waals surface area (Å²) >= 11 is 1.75. The van der Waals surface area contributed by atoms with E-state index in [0.29, 0.717) is 12.5 Å². The van der Waals surface area contributed by atoms with Gasteiger partial charge in [0, 0.05) is 36.6 Å². The highest BCUT2D eigenvalue weighted by Crippen LogP contribution is 2.19. The molecule has 1 aliphatic heterocycles. The van der Waals surface area contributed by atoms with Crippen LogP contribution in [0.1, 0.15) is 29.7 Å². The van der Waals surface area contributed by atoms with E-state index in [2.05, 4.69) is 35.2 Å². The fraction of sp³-hybridized carbons (Fsp3) is 0.600. The van der Waals surface area contributed by atoms with Crippen LogP contribution in [-0.4, -0.2) is 42.9 Å². The van der Waals surface area contributed by atoms with Crippen molar-refractivity contribution in [2.45, 2.75) is 31.9 Å². The molecule has 0 bridgehead atoms. The molecular formula is C15H21NO2S. The number of likely N-dealkylation sites (N-methyl/N-ethyl adjacent to an activating group) is 1. The summed E-state index contributed by atoms with van der Waals surface area (Å²) in [5.74, 6) is 6.12. The number of aliphatic hydroxyl groups excluding tert-OH is 1. The predicted octanol–water partition coefficient (Wildman–Crippen LogP) is 2.09. The van der Waals surface area contributed by atoms with E-state index in [0.717, 1.165) is 25.3 Å². The molecular weight excluding hydrogens is 258 g/mol. The summed E-state index contributed by atoms with van der Waals surface area (Å²) in [6.07, 6.45) is 3.31. The van der Waals surface area contributed by atoms with Crippen molar-refractivity contribution in [3.63, 3.8) is 0 Å². The summed E-state index contributed by atoms with van der Waals surface area (Å²) < 4.78 is 5.66. The zero-order valence-corrected chi connectivity index (χ0v) is 12.2. The van der Waals surface area contributed by atoms with Gasteiger partial charge in [0.15, 0.2) is 0 Å². The molecule has 104 valence electrons. The zero-order valence-electron chi connectivity index (χ0n) is 11.4. The van der Waals surface area contributed by atoms with Gasteiger partial charge in [0.1, 0.15) is 0 Å². The van der Waals surface area contributed by atoms with E-state index in [1.54, 1.807) is 11.3 Å². The fourth-order valence-electron chi connectivity index (χ4n) is 2.23. The molecule has 1 saturated heterocycles. The molecule has 0 amide bonds. The molecule has 2 rings (SSSR count). The van der Waals surface area contributed by atoms with Crippen LogP contribution in [0.3, 0.4) is 0 Å². The third-order valence-electron chi connectivity index (χ3n) is 3.16. The monoisotopic (exact) mass is 279 g/mol.